The van der Waals surface area contributed by atoms with E-state index in [9.17, 15) is 15.2 Å². The van der Waals surface area contributed by atoms with Gasteiger partial charge in [0.2, 0.25) is 5.79 Å². The first-order valence-corrected chi connectivity index (χ1v) is 7.22. The van der Waals surface area contributed by atoms with E-state index in [4.69, 9.17) is 16.3 Å². The lowest BCUT2D eigenvalue weighted by molar-refractivity contribution is -0.384. The van der Waals surface area contributed by atoms with Crippen molar-refractivity contribution in [3.05, 3.63) is 74.3 Å². The average Bonchev–Trinajstić information content (AvgIpc) is 2.48. The Morgan fingerprint density at radius 2 is 2.00 bits per heavy atom. The van der Waals surface area contributed by atoms with E-state index in [0.717, 1.165) is 5.56 Å². The Hall–Kier alpha value is -1.95. The molecule has 1 heterocycles. The van der Waals surface area contributed by atoms with E-state index in [1.165, 1.54) is 24.3 Å². The van der Waals surface area contributed by atoms with Gasteiger partial charge in [0.1, 0.15) is 0 Å². The van der Waals surface area contributed by atoms with Crippen molar-refractivity contribution in [1.82, 2.24) is 0 Å². The number of ether oxygens (including phenoxy) is 1. The highest BCUT2D eigenvalue weighted by Gasteiger charge is 2.40. The summed E-state index contributed by atoms with van der Waals surface area (Å²) in [4.78, 5) is 10.3. The van der Waals surface area contributed by atoms with Crippen LogP contribution in [0.3, 0.4) is 0 Å². The van der Waals surface area contributed by atoms with E-state index in [1.807, 2.05) is 13.0 Å². The molecular formula is C16H14ClNO4. The second kappa shape index (κ2) is 5.35. The van der Waals surface area contributed by atoms with Crippen LogP contribution in [-0.2, 0) is 16.9 Å². The zero-order chi connectivity index (χ0) is 15.9. The summed E-state index contributed by atoms with van der Waals surface area (Å²) in [6, 6.07) is 11.0. The fourth-order valence-corrected chi connectivity index (χ4v) is 2.95. The Kier molecular flexibility index (Phi) is 3.64. The Morgan fingerprint density at radius 3 is 2.64 bits per heavy atom. The molecule has 0 fully saturated rings. The molecule has 1 aliphatic heterocycles. The van der Waals surface area contributed by atoms with Crippen LogP contribution in [-0.4, -0.2) is 16.1 Å². The molecule has 6 heteroatoms. The molecule has 2 unspecified atom stereocenters. The first-order valence-electron chi connectivity index (χ1n) is 6.84. The fourth-order valence-electron chi connectivity index (χ4n) is 2.78. The molecule has 2 aromatic rings. The zero-order valence-electron chi connectivity index (χ0n) is 11.8. The number of nitrogens with zero attached hydrogens (tertiary/aromatic N) is 1. The van der Waals surface area contributed by atoms with Gasteiger partial charge in [-0.1, -0.05) is 17.7 Å². The highest BCUT2D eigenvalue weighted by molar-refractivity contribution is 6.30. The van der Waals surface area contributed by atoms with E-state index in [1.54, 1.807) is 12.1 Å². The number of nitro benzene ring substituents is 1. The lowest BCUT2D eigenvalue weighted by atomic mass is 9.88. The van der Waals surface area contributed by atoms with E-state index >= 15 is 0 Å². The Morgan fingerprint density at radius 1 is 1.32 bits per heavy atom. The number of benzene rings is 2. The van der Waals surface area contributed by atoms with Crippen molar-refractivity contribution in [2.24, 2.45) is 0 Å². The molecule has 2 aromatic carbocycles. The smallest absolute Gasteiger partial charge is 0.269 e. The van der Waals surface area contributed by atoms with Gasteiger partial charge in [-0.3, -0.25) is 10.1 Å². The number of non-ortho nitro benzene ring substituents is 1. The van der Waals surface area contributed by atoms with Gasteiger partial charge in [-0.15, -0.1) is 0 Å². The molecule has 0 radical (unpaired) electrons. The zero-order valence-corrected chi connectivity index (χ0v) is 12.6. The van der Waals surface area contributed by atoms with Crippen LogP contribution in [0.15, 0.2) is 42.5 Å². The third-order valence-electron chi connectivity index (χ3n) is 3.79. The largest absolute Gasteiger partial charge is 0.358 e. The fraction of sp³-hybridized carbons (Fsp3) is 0.250. The average molecular weight is 320 g/mol. The molecule has 0 bridgehead atoms. The van der Waals surface area contributed by atoms with Crippen molar-refractivity contribution in [3.8, 4) is 0 Å². The van der Waals surface area contributed by atoms with Crippen LogP contribution in [0.2, 0.25) is 5.02 Å². The summed E-state index contributed by atoms with van der Waals surface area (Å²) in [7, 11) is 0. The van der Waals surface area contributed by atoms with Crippen LogP contribution >= 0.6 is 11.6 Å². The highest BCUT2D eigenvalue weighted by atomic mass is 35.5. The van der Waals surface area contributed by atoms with E-state index in [0.29, 0.717) is 22.6 Å². The summed E-state index contributed by atoms with van der Waals surface area (Å²) in [5.41, 5.74) is 1.92. The minimum absolute atomic E-state index is 0.0393. The van der Waals surface area contributed by atoms with Crippen molar-refractivity contribution >= 4 is 17.3 Å². The van der Waals surface area contributed by atoms with Crippen molar-refractivity contribution < 1.29 is 14.8 Å². The summed E-state index contributed by atoms with van der Waals surface area (Å²) in [6.45, 7) is 1.87. The molecule has 5 nitrogen and oxygen atoms in total. The van der Waals surface area contributed by atoms with E-state index in [-0.39, 0.29) is 11.8 Å². The molecule has 0 spiro atoms. The topological polar surface area (TPSA) is 72.6 Å². The molecule has 114 valence electrons. The van der Waals surface area contributed by atoms with Crippen molar-refractivity contribution in [1.29, 1.82) is 0 Å². The van der Waals surface area contributed by atoms with Crippen LogP contribution in [0.1, 0.15) is 23.6 Å². The second-order valence-electron chi connectivity index (χ2n) is 5.38. The van der Waals surface area contributed by atoms with Gasteiger partial charge in [-0.25, -0.2) is 0 Å². The van der Waals surface area contributed by atoms with E-state index in [2.05, 4.69) is 0 Å². The summed E-state index contributed by atoms with van der Waals surface area (Å²) >= 11 is 6.04. The number of hydrogen-bond donors (Lipinski definition) is 1. The molecule has 22 heavy (non-hydrogen) atoms. The molecular weight excluding hydrogens is 306 g/mol. The quantitative estimate of drug-likeness (QED) is 0.680. The Labute approximate surface area is 132 Å². The lowest BCUT2D eigenvalue weighted by Crippen LogP contribution is -2.40. The first-order chi connectivity index (χ1) is 10.4. The third kappa shape index (κ3) is 2.47. The van der Waals surface area contributed by atoms with Crippen LogP contribution in [0.4, 0.5) is 5.69 Å². The number of halogens is 1. The maximum absolute atomic E-state index is 11.1. The first kappa shape index (κ1) is 15.0. The standard InChI is InChI=1S/C16H14ClNO4/c1-10-8-11-2-5-13(17)9-15(11)16(19,22-10)12-3-6-14(7-4-12)18(20)21/h2-7,9-10,19H,8H2,1H3. The molecule has 0 saturated carbocycles. The van der Waals surface area contributed by atoms with Gasteiger partial charge in [0.05, 0.1) is 11.0 Å². The predicted octanol–water partition coefficient (Wildman–Crippen LogP) is 3.40. The maximum atomic E-state index is 11.1. The van der Waals surface area contributed by atoms with Crippen LogP contribution in [0.25, 0.3) is 0 Å². The molecule has 0 aliphatic carbocycles. The third-order valence-corrected chi connectivity index (χ3v) is 4.02. The summed E-state index contributed by atoms with van der Waals surface area (Å²) in [5, 5.41) is 22.3. The SMILES string of the molecule is CC1Cc2ccc(Cl)cc2C(O)(c2ccc([N+](=O)[O-])cc2)O1. The lowest BCUT2D eigenvalue weighted by Gasteiger charge is -2.38. The normalized spacial score (nSPS) is 23.9. The van der Waals surface area contributed by atoms with Crippen molar-refractivity contribution in [2.45, 2.75) is 25.2 Å². The molecule has 1 N–H and O–H groups in total. The molecule has 3 rings (SSSR count). The van der Waals surface area contributed by atoms with Crippen LogP contribution in [0, 0.1) is 10.1 Å². The van der Waals surface area contributed by atoms with Gasteiger partial charge >= 0.3 is 0 Å². The van der Waals surface area contributed by atoms with Crippen LogP contribution < -0.4 is 0 Å². The number of rotatable bonds is 2. The van der Waals surface area contributed by atoms with Gasteiger partial charge < -0.3 is 9.84 Å². The van der Waals surface area contributed by atoms with Crippen molar-refractivity contribution in [2.75, 3.05) is 0 Å². The van der Waals surface area contributed by atoms with Gasteiger partial charge in [0.15, 0.2) is 0 Å². The summed E-state index contributed by atoms with van der Waals surface area (Å²) in [5.74, 6) is -1.66. The highest BCUT2D eigenvalue weighted by Crippen LogP contribution is 2.40. The van der Waals surface area contributed by atoms with Gasteiger partial charge in [-0.2, -0.15) is 0 Å². The maximum Gasteiger partial charge on any atom is 0.269 e. The molecule has 0 aromatic heterocycles. The van der Waals surface area contributed by atoms with Gasteiger partial charge in [0, 0.05) is 28.3 Å². The number of nitro groups is 1. The molecule has 0 saturated heterocycles. The van der Waals surface area contributed by atoms with Crippen LogP contribution in [0.5, 0.6) is 0 Å². The predicted molar refractivity (Wildman–Crippen MR) is 81.8 cm³/mol. The minimum Gasteiger partial charge on any atom is -0.358 e. The monoisotopic (exact) mass is 319 g/mol. The summed E-state index contributed by atoms with van der Waals surface area (Å²) in [6.07, 6.45) is 0.482. The second-order valence-corrected chi connectivity index (χ2v) is 5.82. The van der Waals surface area contributed by atoms with Crippen molar-refractivity contribution in [3.63, 3.8) is 0 Å². The number of aliphatic hydroxyl groups is 1. The number of fused-ring (bicyclic) bond motifs is 1. The molecule has 0 amide bonds. The summed E-state index contributed by atoms with van der Waals surface area (Å²) < 4.78 is 5.77. The minimum atomic E-state index is -1.66. The number of hydrogen-bond acceptors (Lipinski definition) is 4. The van der Waals surface area contributed by atoms with Gasteiger partial charge in [-0.05, 0) is 43.2 Å². The Balaban J connectivity index is 2.12. The molecule has 2 atom stereocenters. The van der Waals surface area contributed by atoms with Gasteiger partial charge in [0.25, 0.3) is 5.69 Å². The molecule has 1 aliphatic rings. The Bertz CT molecular complexity index is 731. The van der Waals surface area contributed by atoms with E-state index < -0.39 is 10.7 Å².